The summed E-state index contributed by atoms with van der Waals surface area (Å²) < 4.78 is 0. The molecule has 4 nitrogen and oxygen atoms in total. The van der Waals surface area contributed by atoms with Gasteiger partial charge in [-0.2, -0.15) is 0 Å². The van der Waals surface area contributed by atoms with Crippen molar-refractivity contribution in [3.8, 4) is 0 Å². The number of amides is 1. The summed E-state index contributed by atoms with van der Waals surface area (Å²) in [5.41, 5.74) is -0.829. The molecule has 1 amide bonds. The second kappa shape index (κ2) is 4.28. The topological polar surface area (TPSA) is 69.6 Å². The van der Waals surface area contributed by atoms with E-state index >= 15 is 0 Å². The second-order valence-corrected chi connectivity index (χ2v) is 4.04. The van der Waals surface area contributed by atoms with Crippen molar-refractivity contribution in [2.45, 2.75) is 57.3 Å². The first kappa shape index (κ1) is 11.5. The monoisotopic (exact) mass is 201 g/mol. The van der Waals surface area contributed by atoms with Gasteiger partial charge in [-0.05, 0) is 25.7 Å². The Bertz CT molecular complexity index is 207. The van der Waals surface area contributed by atoms with Crippen molar-refractivity contribution in [2.75, 3.05) is 0 Å². The highest BCUT2D eigenvalue weighted by Crippen LogP contribution is 2.31. The molecule has 0 aliphatic heterocycles. The fourth-order valence-electron chi connectivity index (χ4n) is 2.30. The van der Waals surface area contributed by atoms with Crippen LogP contribution in [0.25, 0.3) is 0 Å². The lowest BCUT2D eigenvalue weighted by atomic mass is 9.75. The van der Waals surface area contributed by atoms with Gasteiger partial charge in [-0.1, -0.05) is 6.92 Å². The number of aliphatic hydroxyl groups excluding tert-OH is 2. The van der Waals surface area contributed by atoms with E-state index in [1.807, 2.05) is 6.92 Å². The minimum absolute atomic E-state index is 0.202. The van der Waals surface area contributed by atoms with E-state index in [4.69, 9.17) is 0 Å². The highest BCUT2D eigenvalue weighted by Gasteiger charge is 2.45. The Morgan fingerprint density at radius 3 is 2.29 bits per heavy atom. The van der Waals surface area contributed by atoms with Gasteiger partial charge in [0.05, 0.1) is 17.7 Å². The number of rotatable bonds is 2. The van der Waals surface area contributed by atoms with Crippen molar-refractivity contribution in [2.24, 2.45) is 0 Å². The average Bonchev–Trinajstić information content (AvgIpc) is 2.11. The van der Waals surface area contributed by atoms with Crippen LogP contribution < -0.4 is 5.32 Å². The lowest BCUT2D eigenvalue weighted by Crippen LogP contribution is -2.64. The van der Waals surface area contributed by atoms with Gasteiger partial charge in [0.25, 0.3) is 0 Å². The van der Waals surface area contributed by atoms with Gasteiger partial charge in [-0.25, -0.2) is 0 Å². The smallest absolute Gasteiger partial charge is 0.217 e. The summed E-state index contributed by atoms with van der Waals surface area (Å²) >= 11 is 0. The van der Waals surface area contributed by atoms with E-state index < -0.39 is 17.7 Å². The SMILES string of the molecule is CCC1(NC(C)=O)[C@H](O)CCC[C@H]1O. The highest BCUT2D eigenvalue weighted by molar-refractivity contribution is 5.74. The molecule has 14 heavy (non-hydrogen) atoms. The molecule has 1 aliphatic rings. The quantitative estimate of drug-likeness (QED) is 0.597. The largest absolute Gasteiger partial charge is 0.391 e. The predicted octanol–water partition coefficient (Wildman–Crippen LogP) is 0.177. The van der Waals surface area contributed by atoms with Gasteiger partial charge in [0, 0.05) is 6.92 Å². The van der Waals surface area contributed by atoms with Crippen LogP contribution in [0.1, 0.15) is 39.5 Å². The number of nitrogens with one attached hydrogen (secondary N) is 1. The number of hydrogen-bond donors (Lipinski definition) is 3. The fraction of sp³-hybridized carbons (Fsp3) is 0.900. The van der Waals surface area contributed by atoms with Crippen LogP contribution >= 0.6 is 0 Å². The maximum Gasteiger partial charge on any atom is 0.217 e. The molecule has 2 atom stereocenters. The summed E-state index contributed by atoms with van der Waals surface area (Å²) in [4.78, 5) is 11.0. The molecule has 1 aliphatic carbocycles. The fourth-order valence-corrected chi connectivity index (χ4v) is 2.30. The van der Waals surface area contributed by atoms with Crippen molar-refractivity contribution < 1.29 is 15.0 Å². The minimum Gasteiger partial charge on any atom is -0.391 e. The van der Waals surface area contributed by atoms with Crippen molar-refractivity contribution in [3.63, 3.8) is 0 Å². The first-order chi connectivity index (χ1) is 6.53. The van der Waals surface area contributed by atoms with E-state index in [1.54, 1.807) is 0 Å². The molecular weight excluding hydrogens is 182 g/mol. The van der Waals surface area contributed by atoms with Crippen molar-refractivity contribution in [3.05, 3.63) is 0 Å². The molecule has 4 heteroatoms. The van der Waals surface area contributed by atoms with E-state index in [2.05, 4.69) is 5.32 Å². The summed E-state index contributed by atoms with van der Waals surface area (Å²) in [7, 11) is 0. The Labute approximate surface area is 84.3 Å². The molecule has 0 aromatic carbocycles. The van der Waals surface area contributed by atoms with Gasteiger partial charge in [0.2, 0.25) is 5.91 Å². The Hall–Kier alpha value is -0.610. The molecule has 0 radical (unpaired) electrons. The van der Waals surface area contributed by atoms with Gasteiger partial charge < -0.3 is 15.5 Å². The predicted molar refractivity (Wildman–Crippen MR) is 52.7 cm³/mol. The number of carbonyl (C=O) groups is 1. The molecule has 0 aromatic rings. The Morgan fingerprint density at radius 2 is 1.93 bits per heavy atom. The number of carbonyl (C=O) groups excluding carboxylic acids is 1. The summed E-state index contributed by atoms with van der Waals surface area (Å²) in [6.45, 7) is 3.28. The number of aliphatic hydroxyl groups is 2. The summed E-state index contributed by atoms with van der Waals surface area (Å²) in [6, 6.07) is 0. The molecule has 1 fully saturated rings. The third-order valence-electron chi connectivity index (χ3n) is 3.14. The molecule has 0 unspecified atom stereocenters. The van der Waals surface area contributed by atoms with Gasteiger partial charge in [0.1, 0.15) is 0 Å². The highest BCUT2D eigenvalue weighted by atomic mass is 16.3. The van der Waals surface area contributed by atoms with E-state index in [-0.39, 0.29) is 5.91 Å². The molecule has 82 valence electrons. The standard InChI is InChI=1S/C10H19NO3/c1-3-10(11-7(2)12)8(13)5-4-6-9(10)14/h8-9,13-14H,3-6H2,1-2H3,(H,11,12)/t8-,9-/m1/s1. The summed E-state index contributed by atoms with van der Waals surface area (Å²) in [6.07, 6.45) is 1.37. The second-order valence-electron chi connectivity index (χ2n) is 4.04. The zero-order chi connectivity index (χ0) is 10.8. The minimum atomic E-state index is -0.829. The van der Waals surface area contributed by atoms with Gasteiger partial charge in [0.15, 0.2) is 0 Å². The van der Waals surface area contributed by atoms with Crippen molar-refractivity contribution in [1.29, 1.82) is 0 Å². The van der Waals surface area contributed by atoms with Crippen LogP contribution in [0.5, 0.6) is 0 Å². The number of hydrogen-bond acceptors (Lipinski definition) is 3. The van der Waals surface area contributed by atoms with Crippen LogP contribution in [0, 0.1) is 0 Å². The zero-order valence-corrected chi connectivity index (χ0v) is 8.79. The zero-order valence-electron chi connectivity index (χ0n) is 8.79. The third-order valence-corrected chi connectivity index (χ3v) is 3.14. The van der Waals surface area contributed by atoms with Gasteiger partial charge >= 0.3 is 0 Å². The Morgan fingerprint density at radius 1 is 1.43 bits per heavy atom. The van der Waals surface area contributed by atoms with Crippen LogP contribution in [-0.2, 0) is 4.79 Å². The van der Waals surface area contributed by atoms with Crippen molar-refractivity contribution in [1.82, 2.24) is 5.32 Å². The Kier molecular flexibility index (Phi) is 3.50. The van der Waals surface area contributed by atoms with Crippen molar-refractivity contribution >= 4 is 5.91 Å². The van der Waals surface area contributed by atoms with E-state index in [0.717, 1.165) is 6.42 Å². The first-order valence-electron chi connectivity index (χ1n) is 5.18. The third kappa shape index (κ3) is 1.91. The van der Waals surface area contributed by atoms with Crippen LogP contribution in [0.2, 0.25) is 0 Å². The molecule has 0 aromatic heterocycles. The Balaban J connectivity index is 2.85. The normalized spacial score (nSPS) is 31.1. The molecule has 0 spiro atoms. The van der Waals surface area contributed by atoms with Crippen LogP contribution in [0.3, 0.4) is 0 Å². The molecule has 0 heterocycles. The maximum atomic E-state index is 11.0. The van der Waals surface area contributed by atoms with E-state index in [1.165, 1.54) is 6.92 Å². The van der Waals surface area contributed by atoms with Crippen LogP contribution in [-0.4, -0.2) is 33.9 Å². The molecule has 3 N–H and O–H groups in total. The lowest BCUT2D eigenvalue weighted by molar-refractivity contribution is -0.129. The average molecular weight is 201 g/mol. The van der Waals surface area contributed by atoms with Crippen LogP contribution in [0.4, 0.5) is 0 Å². The molecule has 1 saturated carbocycles. The maximum absolute atomic E-state index is 11.0. The molecule has 0 bridgehead atoms. The molecule has 0 saturated heterocycles. The summed E-state index contributed by atoms with van der Waals surface area (Å²) in [5, 5.41) is 22.4. The van der Waals surface area contributed by atoms with Crippen LogP contribution in [0.15, 0.2) is 0 Å². The first-order valence-corrected chi connectivity index (χ1v) is 5.18. The van der Waals surface area contributed by atoms with Gasteiger partial charge in [-0.3, -0.25) is 4.79 Å². The molecular formula is C10H19NO3. The van der Waals surface area contributed by atoms with Gasteiger partial charge in [-0.15, -0.1) is 0 Å². The van der Waals surface area contributed by atoms with E-state index in [0.29, 0.717) is 19.3 Å². The van der Waals surface area contributed by atoms with E-state index in [9.17, 15) is 15.0 Å². The summed E-state index contributed by atoms with van der Waals surface area (Å²) in [5.74, 6) is -0.202. The molecule has 1 rings (SSSR count). The lowest BCUT2D eigenvalue weighted by Gasteiger charge is -2.45.